The number of rotatable bonds is 10. The van der Waals surface area contributed by atoms with Gasteiger partial charge in [0.15, 0.2) is 35.8 Å². The van der Waals surface area contributed by atoms with Gasteiger partial charge in [-0.25, -0.2) is 34.9 Å². The first-order chi connectivity index (χ1) is 23.6. The number of aromatic nitrogens is 7. The lowest BCUT2D eigenvalue weighted by atomic mass is 10.2. The predicted octanol–water partition coefficient (Wildman–Crippen LogP) is 5.27. The molecule has 49 heavy (non-hydrogen) atoms. The highest BCUT2D eigenvalue weighted by atomic mass is 32.2. The zero-order valence-electron chi connectivity index (χ0n) is 26.3. The molecule has 1 N–H and O–H groups in total. The Hall–Kier alpha value is -6.04. The van der Waals surface area contributed by atoms with Crippen LogP contribution in [0.3, 0.4) is 0 Å². The van der Waals surface area contributed by atoms with E-state index in [2.05, 4.69) is 29.9 Å². The van der Waals surface area contributed by atoms with Gasteiger partial charge >= 0.3 is 0 Å². The van der Waals surface area contributed by atoms with Gasteiger partial charge in [0, 0.05) is 18.7 Å². The van der Waals surface area contributed by atoms with E-state index < -0.39 is 10.1 Å². The Labute approximate surface area is 279 Å². The quantitative estimate of drug-likeness (QED) is 0.182. The van der Waals surface area contributed by atoms with Crippen LogP contribution in [0.1, 0.15) is 0 Å². The van der Waals surface area contributed by atoms with Crippen molar-refractivity contribution in [2.24, 2.45) is 0 Å². The van der Waals surface area contributed by atoms with Crippen molar-refractivity contribution in [3.8, 4) is 74.7 Å². The van der Waals surface area contributed by atoms with Crippen molar-refractivity contribution in [3.63, 3.8) is 0 Å². The molecule has 0 aromatic carbocycles. The number of likely N-dealkylation sites (N-methyl/N-ethyl adjacent to an activating group) is 1. The van der Waals surface area contributed by atoms with E-state index in [1.807, 2.05) is 43.3 Å². The Balaban J connectivity index is 0.000000778. The van der Waals surface area contributed by atoms with E-state index in [1.54, 1.807) is 49.1 Å². The van der Waals surface area contributed by atoms with Crippen LogP contribution in [0.25, 0.3) is 69.0 Å². The maximum atomic E-state index is 9.19. The highest BCUT2D eigenvalue weighted by molar-refractivity contribution is 7.85. The number of pyridine rings is 3. The summed E-state index contributed by atoms with van der Waals surface area (Å²) in [4.78, 5) is 32.9. The van der Waals surface area contributed by atoms with E-state index in [0.29, 0.717) is 87.6 Å². The topological polar surface area (TPSA) is 210 Å². The average Bonchev–Trinajstić information content (AvgIpc) is 3.92. The first-order valence-electron chi connectivity index (χ1n) is 14.5. The van der Waals surface area contributed by atoms with Crippen LogP contribution in [0.15, 0.2) is 104 Å². The van der Waals surface area contributed by atoms with Crippen molar-refractivity contribution in [1.29, 1.82) is 0 Å². The van der Waals surface area contributed by atoms with E-state index >= 15 is 0 Å². The summed E-state index contributed by atoms with van der Waals surface area (Å²) < 4.78 is 54.9. The fourth-order valence-corrected chi connectivity index (χ4v) is 4.28. The van der Waals surface area contributed by atoms with Gasteiger partial charge in [-0.3, -0.25) is 4.55 Å². The van der Waals surface area contributed by atoms with Crippen LogP contribution in [0.5, 0.6) is 5.75 Å². The van der Waals surface area contributed by atoms with Gasteiger partial charge in [-0.15, -0.1) is 0 Å². The summed E-state index contributed by atoms with van der Waals surface area (Å²) in [6.45, 7) is 1.20. The molecule has 7 aromatic heterocycles. The fraction of sp³-hybridized carbons (Fsp3) is 0.156. The zero-order valence-corrected chi connectivity index (χ0v) is 27.1. The summed E-state index contributed by atoms with van der Waals surface area (Å²) in [5.74, 6) is 3.16. The number of hydrogen-bond donors (Lipinski definition) is 1. The largest absolute Gasteiger partial charge is 0.492 e. The molecule has 17 heteroatoms. The van der Waals surface area contributed by atoms with Crippen molar-refractivity contribution >= 4 is 10.1 Å². The molecular formula is C32H28N8O8S. The standard InChI is InChI=1S/C31H24N8O5.CH4O3S/c1-39(2)9-10-40-19-11-24(28-15-34-30(43-28)22-7-3-5-20(36-22)26-13-32-17-41-26)38-25(12-19)29-16-35-31(44-29)23-8-4-6-21(37-23)27-14-33-18-42-27;1-5(2,3)4/h3-8,11-18H,9-10H2,1-2H3;1H3,(H,2,3,4). The van der Waals surface area contributed by atoms with E-state index in [-0.39, 0.29) is 0 Å². The first-order valence-corrected chi connectivity index (χ1v) is 16.3. The van der Waals surface area contributed by atoms with E-state index in [9.17, 15) is 8.42 Å². The van der Waals surface area contributed by atoms with Gasteiger partial charge < -0.3 is 27.3 Å². The Morgan fingerprint density at radius 1 is 0.694 bits per heavy atom. The third-order valence-corrected chi connectivity index (χ3v) is 6.43. The molecule has 7 rings (SSSR count). The van der Waals surface area contributed by atoms with Gasteiger partial charge in [0.2, 0.25) is 11.8 Å². The van der Waals surface area contributed by atoms with Crippen molar-refractivity contribution < 1.29 is 35.4 Å². The Kier molecular flexibility index (Phi) is 9.65. The van der Waals surface area contributed by atoms with E-state index in [1.165, 1.54) is 12.8 Å². The average molecular weight is 685 g/mol. The molecule has 0 amide bonds. The van der Waals surface area contributed by atoms with Crippen molar-refractivity contribution in [3.05, 3.63) is 86.1 Å². The second-order valence-electron chi connectivity index (χ2n) is 10.6. The molecule has 0 bridgehead atoms. The zero-order chi connectivity index (χ0) is 34.4. The van der Waals surface area contributed by atoms with E-state index in [4.69, 9.17) is 31.9 Å². The molecular weight excluding hydrogens is 656 g/mol. The summed E-state index contributed by atoms with van der Waals surface area (Å²) in [6.07, 6.45) is 9.81. The molecule has 0 spiro atoms. The molecule has 0 aliphatic heterocycles. The Bertz CT molecular complexity index is 2110. The highest BCUT2D eigenvalue weighted by Crippen LogP contribution is 2.33. The second-order valence-corrected chi connectivity index (χ2v) is 12.0. The maximum Gasteiger partial charge on any atom is 0.261 e. The van der Waals surface area contributed by atoms with Crippen LogP contribution in [0.2, 0.25) is 0 Å². The lowest BCUT2D eigenvalue weighted by Crippen LogP contribution is -2.19. The number of oxazole rings is 4. The van der Waals surface area contributed by atoms with Crippen LogP contribution < -0.4 is 4.74 Å². The molecule has 0 atom stereocenters. The van der Waals surface area contributed by atoms with Gasteiger partial charge in [-0.2, -0.15) is 8.42 Å². The van der Waals surface area contributed by atoms with Gasteiger partial charge in [0.25, 0.3) is 10.1 Å². The van der Waals surface area contributed by atoms with Crippen molar-refractivity contribution in [2.75, 3.05) is 33.5 Å². The lowest BCUT2D eigenvalue weighted by molar-refractivity contribution is 0.261. The molecule has 16 nitrogen and oxygen atoms in total. The van der Waals surface area contributed by atoms with Crippen LogP contribution in [-0.4, -0.2) is 86.3 Å². The van der Waals surface area contributed by atoms with Crippen LogP contribution in [-0.2, 0) is 10.1 Å². The van der Waals surface area contributed by atoms with Gasteiger partial charge in [0.1, 0.15) is 46.5 Å². The van der Waals surface area contributed by atoms with Gasteiger partial charge in [0.05, 0.1) is 31.0 Å². The number of ether oxygens (including phenoxy) is 1. The van der Waals surface area contributed by atoms with Gasteiger partial charge in [-0.1, -0.05) is 12.1 Å². The predicted molar refractivity (Wildman–Crippen MR) is 174 cm³/mol. The summed E-state index contributed by atoms with van der Waals surface area (Å²) in [5, 5.41) is 0. The number of nitrogens with zero attached hydrogens (tertiary/aromatic N) is 8. The molecule has 0 saturated heterocycles. The highest BCUT2D eigenvalue weighted by Gasteiger charge is 2.18. The van der Waals surface area contributed by atoms with Crippen molar-refractivity contribution in [1.82, 2.24) is 39.8 Å². The third-order valence-electron chi connectivity index (χ3n) is 6.43. The Morgan fingerprint density at radius 3 is 1.57 bits per heavy atom. The molecule has 7 aromatic rings. The monoisotopic (exact) mass is 684 g/mol. The summed E-state index contributed by atoms with van der Waals surface area (Å²) in [7, 11) is 0.297. The normalized spacial score (nSPS) is 11.4. The molecule has 0 fully saturated rings. The maximum absolute atomic E-state index is 9.19. The smallest absolute Gasteiger partial charge is 0.261 e. The minimum Gasteiger partial charge on any atom is -0.492 e. The lowest BCUT2D eigenvalue weighted by Gasteiger charge is -2.12. The Morgan fingerprint density at radius 2 is 1.14 bits per heavy atom. The fourth-order valence-electron chi connectivity index (χ4n) is 4.28. The molecule has 0 aliphatic carbocycles. The summed E-state index contributed by atoms with van der Waals surface area (Å²) in [5.41, 5.74) is 3.27. The van der Waals surface area contributed by atoms with Gasteiger partial charge in [-0.05, 0) is 38.4 Å². The molecule has 0 radical (unpaired) electrons. The minimum atomic E-state index is -3.67. The number of hydrogen-bond acceptors (Lipinski definition) is 15. The van der Waals surface area contributed by atoms with Crippen LogP contribution in [0.4, 0.5) is 0 Å². The molecule has 250 valence electrons. The summed E-state index contributed by atoms with van der Waals surface area (Å²) >= 11 is 0. The summed E-state index contributed by atoms with van der Waals surface area (Å²) in [6, 6.07) is 14.5. The molecule has 0 unspecified atom stereocenters. The van der Waals surface area contributed by atoms with E-state index in [0.717, 1.165) is 6.54 Å². The van der Waals surface area contributed by atoms with Crippen LogP contribution in [0, 0.1) is 0 Å². The third kappa shape index (κ3) is 8.66. The minimum absolute atomic E-state index is 0.323. The second kappa shape index (κ2) is 14.4. The molecule has 0 saturated carbocycles. The molecule has 0 aliphatic rings. The van der Waals surface area contributed by atoms with Crippen LogP contribution >= 0.6 is 0 Å². The van der Waals surface area contributed by atoms with Crippen molar-refractivity contribution in [2.45, 2.75) is 0 Å². The first kappa shape index (κ1) is 32.9. The molecule has 7 heterocycles. The SMILES string of the molecule is CN(C)CCOc1cc(-c2cnc(-c3cccc(-c4cnco4)n3)o2)nc(-c2cnc(-c3cccc(-c4cnco4)n3)o2)c1.CS(=O)(=O)O.